The monoisotopic (exact) mass is 271 g/mol. The van der Waals surface area contributed by atoms with E-state index in [9.17, 15) is 8.42 Å². The summed E-state index contributed by atoms with van der Waals surface area (Å²) < 4.78 is 26.4. The number of thiophene rings is 1. The SMILES string of the molecule is O=S1(=O)NC(=S)Sc2sc(Cl)cc21. The number of halogens is 1. The van der Waals surface area contributed by atoms with Crippen molar-refractivity contribution in [3.05, 3.63) is 10.4 Å². The van der Waals surface area contributed by atoms with Crippen molar-refractivity contribution in [2.75, 3.05) is 0 Å². The first-order valence-corrected chi connectivity index (χ1v) is 6.93. The highest BCUT2D eigenvalue weighted by Crippen LogP contribution is 2.40. The molecule has 3 nitrogen and oxygen atoms in total. The van der Waals surface area contributed by atoms with E-state index in [0.717, 1.165) is 0 Å². The molecule has 2 rings (SSSR count). The van der Waals surface area contributed by atoms with Gasteiger partial charge >= 0.3 is 0 Å². The van der Waals surface area contributed by atoms with Crippen molar-refractivity contribution in [1.29, 1.82) is 0 Å². The Bertz CT molecular complexity index is 477. The lowest BCUT2D eigenvalue weighted by Crippen LogP contribution is -2.30. The number of thiocarbonyl (C=S) groups is 1. The van der Waals surface area contributed by atoms with Crippen molar-refractivity contribution in [3.8, 4) is 0 Å². The van der Waals surface area contributed by atoms with Gasteiger partial charge in [0.2, 0.25) is 0 Å². The lowest BCUT2D eigenvalue weighted by Gasteiger charge is -2.13. The molecular weight excluding hydrogens is 270 g/mol. The Morgan fingerprint density at radius 1 is 1.54 bits per heavy atom. The minimum absolute atomic E-state index is 0.223. The number of sulfonamides is 1. The smallest absolute Gasteiger partial charge is 0.264 e. The summed E-state index contributed by atoms with van der Waals surface area (Å²) in [6, 6.07) is 1.43. The van der Waals surface area contributed by atoms with Gasteiger partial charge in [-0.15, -0.1) is 11.3 Å². The molecule has 8 heteroatoms. The number of hydrogen-bond acceptors (Lipinski definition) is 5. The van der Waals surface area contributed by atoms with Gasteiger partial charge in [0.05, 0.1) is 8.55 Å². The summed E-state index contributed by atoms with van der Waals surface area (Å²) in [6.45, 7) is 0. The largest absolute Gasteiger partial charge is 0.264 e. The van der Waals surface area contributed by atoms with Crippen LogP contribution in [0.25, 0.3) is 0 Å². The van der Waals surface area contributed by atoms with Crippen LogP contribution in [0.3, 0.4) is 0 Å². The van der Waals surface area contributed by atoms with Gasteiger partial charge in [0.25, 0.3) is 10.0 Å². The summed E-state index contributed by atoms with van der Waals surface area (Å²) in [5, 5.41) is 0. The number of thioether (sulfide) groups is 1. The predicted octanol–water partition coefficient (Wildman–Crippen LogP) is 2.07. The predicted molar refractivity (Wildman–Crippen MR) is 58.1 cm³/mol. The molecule has 0 saturated heterocycles. The molecule has 0 amide bonds. The van der Waals surface area contributed by atoms with Gasteiger partial charge < -0.3 is 0 Å². The summed E-state index contributed by atoms with van der Waals surface area (Å²) in [5.74, 6) is 0. The molecule has 1 aromatic rings. The molecule has 1 N–H and O–H groups in total. The van der Waals surface area contributed by atoms with Gasteiger partial charge in [0.1, 0.15) is 4.90 Å². The first-order chi connectivity index (χ1) is 5.99. The molecule has 0 fully saturated rings. The van der Waals surface area contributed by atoms with Gasteiger partial charge in [-0.05, 0) is 17.8 Å². The van der Waals surface area contributed by atoms with Crippen molar-refractivity contribution in [2.24, 2.45) is 0 Å². The van der Waals surface area contributed by atoms with Crippen LogP contribution >= 0.6 is 46.9 Å². The maximum absolute atomic E-state index is 11.4. The molecule has 0 saturated carbocycles. The molecule has 0 aromatic carbocycles. The Morgan fingerprint density at radius 2 is 2.23 bits per heavy atom. The molecule has 2 heterocycles. The van der Waals surface area contributed by atoms with Crippen LogP contribution in [0.5, 0.6) is 0 Å². The Hall–Kier alpha value is 0.180. The van der Waals surface area contributed by atoms with Crippen LogP contribution in [-0.2, 0) is 10.0 Å². The third kappa shape index (κ3) is 1.71. The van der Waals surface area contributed by atoms with E-state index in [0.29, 0.717) is 8.55 Å². The molecule has 0 unspecified atom stereocenters. The molecule has 70 valence electrons. The standard InChI is InChI=1S/C5H2ClNO2S4/c6-3-1-2-4(11-3)12-5(10)7-13(2,8)9/h1H,(H,7,10). The van der Waals surface area contributed by atoms with E-state index in [1.54, 1.807) is 0 Å². The lowest BCUT2D eigenvalue weighted by atomic mass is 10.7. The number of rotatable bonds is 0. The molecular formula is C5H2ClNO2S4. The normalized spacial score (nSPS) is 19.3. The highest BCUT2D eigenvalue weighted by atomic mass is 35.5. The summed E-state index contributed by atoms with van der Waals surface area (Å²) in [5.41, 5.74) is 0. The second-order valence-electron chi connectivity index (χ2n) is 2.20. The molecule has 1 aliphatic heterocycles. The zero-order chi connectivity index (χ0) is 9.64. The molecule has 0 aliphatic carbocycles. The topological polar surface area (TPSA) is 46.2 Å². The van der Waals surface area contributed by atoms with Crippen molar-refractivity contribution < 1.29 is 8.42 Å². The van der Waals surface area contributed by atoms with E-state index in [2.05, 4.69) is 4.72 Å². The minimum atomic E-state index is -3.46. The van der Waals surface area contributed by atoms with Crippen molar-refractivity contribution in [1.82, 2.24) is 4.72 Å². The molecule has 0 radical (unpaired) electrons. The van der Waals surface area contributed by atoms with Crippen molar-refractivity contribution >= 4 is 61.3 Å². The Kier molecular flexibility index (Phi) is 2.31. The second kappa shape index (κ2) is 3.09. The number of fused-ring (bicyclic) bond motifs is 1. The van der Waals surface area contributed by atoms with Gasteiger partial charge in [0.15, 0.2) is 4.32 Å². The summed E-state index contributed by atoms with van der Waals surface area (Å²) in [4.78, 5) is 0.223. The van der Waals surface area contributed by atoms with Crippen LogP contribution in [0.2, 0.25) is 4.34 Å². The van der Waals surface area contributed by atoms with E-state index >= 15 is 0 Å². The zero-order valence-electron chi connectivity index (χ0n) is 5.90. The molecule has 0 spiro atoms. The van der Waals surface area contributed by atoms with Gasteiger partial charge in [-0.3, -0.25) is 4.72 Å². The van der Waals surface area contributed by atoms with Gasteiger partial charge in [-0.1, -0.05) is 23.8 Å². The van der Waals surface area contributed by atoms with Crippen LogP contribution in [0, 0.1) is 0 Å². The van der Waals surface area contributed by atoms with E-state index in [4.69, 9.17) is 23.8 Å². The molecule has 13 heavy (non-hydrogen) atoms. The summed E-state index contributed by atoms with van der Waals surface area (Å²) in [6.07, 6.45) is 0. The lowest BCUT2D eigenvalue weighted by molar-refractivity contribution is 0.591. The van der Waals surface area contributed by atoms with Crippen LogP contribution in [0.4, 0.5) is 0 Å². The molecule has 0 atom stereocenters. The van der Waals surface area contributed by atoms with Gasteiger partial charge in [0, 0.05) is 0 Å². The van der Waals surface area contributed by atoms with Crippen LogP contribution < -0.4 is 4.72 Å². The van der Waals surface area contributed by atoms with Gasteiger partial charge in [-0.25, -0.2) is 8.42 Å². The van der Waals surface area contributed by atoms with Crippen molar-refractivity contribution in [2.45, 2.75) is 9.10 Å². The Balaban J connectivity index is 2.69. The van der Waals surface area contributed by atoms with Crippen LogP contribution in [0.1, 0.15) is 0 Å². The zero-order valence-corrected chi connectivity index (χ0v) is 9.93. The molecule has 0 bridgehead atoms. The molecule has 1 aromatic heterocycles. The van der Waals surface area contributed by atoms with Gasteiger partial charge in [-0.2, -0.15) is 0 Å². The third-order valence-electron chi connectivity index (χ3n) is 1.33. The van der Waals surface area contributed by atoms with E-state index in [1.807, 2.05) is 0 Å². The Morgan fingerprint density at radius 3 is 2.92 bits per heavy atom. The maximum Gasteiger partial charge on any atom is 0.264 e. The fraction of sp³-hybridized carbons (Fsp3) is 0. The highest BCUT2D eigenvalue weighted by Gasteiger charge is 2.28. The third-order valence-corrected chi connectivity index (χ3v) is 5.82. The number of nitrogens with one attached hydrogen (secondary N) is 1. The summed E-state index contributed by atoms with van der Waals surface area (Å²) >= 11 is 12.9. The fourth-order valence-corrected chi connectivity index (χ4v) is 5.97. The average Bonchev–Trinajstić information content (AvgIpc) is 2.28. The fourth-order valence-electron chi connectivity index (χ4n) is 0.858. The quantitative estimate of drug-likeness (QED) is 0.734. The first-order valence-electron chi connectivity index (χ1n) is 3.03. The van der Waals surface area contributed by atoms with E-state index in [-0.39, 0.29) is 9.22 Å². The van der Waals surface area contributed by atoms with E-state index < -0.39 is 10.0 Å². The maximum atomic E-state index is 11.4. The van der Waals surface area contributed by atoms with Crippen LogP contribution in [-0.4, -0.2) is 12.7 Å². The summed E-state index contributed by atoms with van der Waals surface area (Å²) in [7, 11) is -3.46. The highest BCUT2D eigenvalue weighted by molar-refractivity contribution is 8.25. The van der Waals surface area contributed by atoms with Crippen LogP contribution in [0.15, 0.2) is 15.2 Å². The van der Waals surface area contributed by atoms with E-state index in [1.165, 1.54) is 29.2 Å². The average molecular weight is 272 g/mol. The number of hydrogen-bond donors (Lipinski definition) is 1. The molecule has 1 aliphatic rings. The second-order valence-corrected chi connectivity index (χ2v) is 7.48. The Labute approximate surface area is 93.5 Å². The van der Waals surface area contributed by atoms with Crippen molar-refractivity contribution in [3.63, 3.8) is 0 Å². The minimum Gasteiger partial charge on any atom is -0.264 e. The first kappa shape index (κ1) is 9.72.